The predicted molar refractivity (Wildman–Crippen MR) is 112 cm³/mol. The lowest BCUT2D eigenvalue weighted by Crippen LogP contribution is -2.30. The first-order valence-electron chi connectivity index (χ1n) is 9.00. The molecular weight excluding hydrogens is 416 g/mol. The third-order valence-corrected chi connectivity index (χ3v) is 5.69. The molecule has 1 atom stereocenters. The Morgan fingerprint density at radius 1 is 1.28 bits per heavy atom. The van der Waals surface area contributed by atoms with Gasteiger partial charge in [-0.15, -0.1) is 0 Å². The van der Waals surface area contributed by atoms with Gasteiger partial charge in [-0.25, -0.2) is 13.6 Å². The number of hydrogen-bond donors (Lipinski definition) is 1. The van der Waals surface area contributed by atoms with Crippen LogP contribution in [-0.4, -0.2) is 40.0 Å². The lowest BCUT2D eigenvalue weighted by atomic mass is 10.1. The van der Waals surface area contributed by atoms with E-state index in [-0.39, 0.29) is 15.8 Å². The first kappa shape index (κ1) is 23.0. The quantitative estimate of drug-likeness (QED) is 0.675. The zero-order valence-corrected chi connectivity index (χ0v) is 18.4. The van der Waals surface area contributed by atoms with Crippen molar-refractivity contribution in [1.82, 2.24) is 4.90 Å². The first-order chi connectivity index (χ1) is 13.6. The van der Waals surface area contributed by atoms with Gasteiger partial charge in [0, 0.05) is 12.6 Å². The van der Waals surface area contributed by atoms with Crippen molar-refractivity contribution in [3.8, 4) is 11.5 Å². The standard InChI is InChI=1S/C20H25ClN2O5S/c1-5-9-28-19-17(21)11-15(12-18(19)27-4)20(24)23(3)13(2)14-7-6-8-16(10-14)29(22,25)26/h6-8,10-13H,5,9H2,1-4H3,(H2,22,25,26). The van der Waals surface area contributed by atoms with E-state index < -0.39 is 16.1 Å². The van der Waals surface area contributed by atoms with Crippen molar-refractivity contribution in [1.29, 1.82) is 0 Å². The highest BCUT2D eigenvalue weighted by molar-refractivity contribution is 7.89. The van der Waals surface area contributed by atoms with Crippen LogP contribution in [0.2, 0.25) is 5.02 Å². The summed E-state index contributed by atoms with van der Waals surface area (Å²) in [5, 5.41) is 5.48. The molecule has 0 heterocycles. The Balaban J connectivity index is 2.33. The predicted octanol–water partition coefficient (Wildman–Crippen LogP) is 3.62. The lowest BCUT2D eigenvalue weighted by Gasteiger charge is -2.26. The maximum atomic E-state index is 13.0. The van der Waals surface area contributed by atoms with Crippen molar-refractivity contribution in [2.24, 2.45) is 5.14 Å². The molecule has 0 saturated carbocycles. The van der Waals surface area contributed by atoms with Gasteiger partial charge in [0.15, 0.2) is 11.5 Å². The van der Waals surface area contributed by atoms with Crippen LogP contribution in [0.5, 0.6) is 11.5 Å². The van der Waals surface area contributed by atoms with Gasteiger partial charge in [-0.1, -0.05) is 30.7 Å². The van der Waals surface area contributed by atoms with E-state index in [1.54, 1.807) is 32.2 Å². The molecule has 0 saturated heterocycles. The summed E-state index contributed by atoms with van der Waals surface area (Å²) in [6.45, 7) is 4.23. The number of nitrogens with zero attached hydrogens (tertiary/aromatic N) is 1. The molecular formula is C20H25ClN2O5S. The van der Waals surface area contributed by atoms with Crippen molar-refractivity contribution in [3.05, 3.63) is 52.5 Å². The second-order valence-electron chi connectivity index (χ2n) is 6.55. The fourth-order valence-corrected chi connectivity index (χ4v) is 3.58. The van der Waals surface area contributed by atoms with E-state index in [0.29, 0.717) is 29.2 Å². The molecule has 2 rings (SSSR count). The minimum absolute atomic E-state index is 0.00941. The molecule has 2 aromatic carbocycles. The Hall–Kier alpha value is -2.29. The van der Waals surface area contributed by atoms with E-state index in [1.807, 2.05) is 6.92 Å². The number of carbonyl (C=O) groups excluding carboxylic acids is 1. The highest BCUT2D eigenvalue weighted by Crippen LogP contribution is 2.37. The number of nitrogens with two attached hydrogens (primary N) is 1. The minimum atomic E-state index is -3.84. The number of benzene rings is 2. The summed E-state index contributed by atoms with van der Waals surface area (Å²) in [5.74, 6) is 0.455. The van der Waals surface area contributed by atoms with Gasteiger partial charge in [0.05, 0.1) is 29.7 Å². The fraction of sp³-hybridized carbons (Fsp3) is 0.350. The number of sulfonamides is 1. The average Bonchev–Trinajstić information content (AvgIpc) is 2.70. The summed E-state index contributed by atoms with van der Waals surface area (Å²) in [6.07, 6.45) is 0.804. The fourth-order valence-electron chi connectivity index (χ4n) is 2.74. The van der Waals surface area contributed by atoms with Crippen LogP contribution in [0.1, 0.15) is 42.2 Å². The number of rotatable bonds is 8. The van der Waals surface area contributed by atoms with Crippen molar-refractivity contribution < 1.29 is 22.7 Å². The van der Waals surface area contributed by atoms with Crippen LogP contribution < -0.4 is 14.6 Å². The normalized spacial score (nSPS) is 12.3. The van der Waals surface area contributed by atoms with Gasteiger partial charge in [-0.05, 0) is 43.2 Å². The summed E-state index contributed by atoms with van der Waals surface area (Å²) >= 11 is 6.31. The van der Waals surface area contributed by atoms with Crippen molar-refractivity contribution in [2.45, 2.75) is 31.2 Å². The van der Waals surface area contributed by atoms with Gasteiger partial charge in [0.1, 0.15) is 0 Å². The number of methoxy groups -OCH3 is 1. The molecule has 158 valence electrons. The molecule has 2 aromatic rings. The molecule has 1 unspecified atom stereocenters. The second-order valence-corrected chi connectivity index (χ2v) is 8.52. The minimum Gasteiger partial charge on any atom is -0.493 e. The molecule has 9 heteroatoms. The first-order valence-corrected chi connectivity index (χ1v) is 10.9. The second kappa shape index (κ2) is 9.47. The van der Waals surface area contributed by atoms with Crippen LogP contribution in [0.25, 0.3) is 0 Å². The van der Waals surface area contributed by atoms with Gasteiger partial charge in [-0.2, -0.15) is 0 Å². The molecule has 0 bridgehead atoms. The summed E-state index contributed by atoms with van der Waals surface area (Å²) < 4.78 is 34.2. The van der Waals surface area contributed by atoms with E-state index >= 15 is 0 Å². The Morgan fingerprint density at radius 3 is 2.55 bits per heavy atom. The van der Waals surface area contributed by atoms with Gasteiger partial charge < -0.3 is 14.4 Å². The maximum Gasteiger partial charge on any atom is 0.254 e. The summed E-state index contributed by atoms with van der Waals surface area (Å²) in [5.41, 5.74) is 0.959. The summed E-state index contributed by atoms with van der Waals surface area (Å²) in [6, 6.07) is 8.88. The average molecular weight is 441 g/mol. The lowest BCUT2D eigenvalue weighted by molar-refractivity contribution is 0.0742. The molecule has 2 N–H and O–H groups in total. The number of primary sulfonamides is 1. The Labute approximate surface area is 176 Å². The number of ether oxygens (including phenoxy) is 2. The highest BCUT2D eigenvalue weighted by atomic mass is 35.5. The largest absolute Gasteiger partial charge is 0.493 e. The molecule has 0 aliphatic rings. The number of hydrogen-bond acceptors (Lipinski definition) is 5. The van der Waals surface area contributed by atoms with Crippen LogP contribution in [0.15, 0.2) is 41.3 Å². The maximum absolute atomic E-state index is 13.0. The van der Waals surface area contributed by atoms with Crippen molar-refractivity contribution in [3.63, 3.8) is 0 Å². The van der Waals surface area contributed by atoms with Crippen molar-refractivity contribution >= 4 is 27.5 Å². The molecule has 0 aromatic heterocycles. The van der Waals surface area contributed by atoms with Crippen LogP contribution in [0.4, 0.5) is 0 Å². The van der Waals surface area contributed by atoms with E-state index in [1.165, 1.54) is 30.2 Å². The SMILES string of the molecule is CCCOc1c(Cl)cc(C(=O)N(C)C(C)c2cccc(S(N)(=O)=O)c2)cc1OC. The van der Waals surface area contributed by atoms with Crippen LogP contribution >= 0.6 is 11.6 Å². The third kappa shape index (κ3) is 5.41. The Morgan fingerprint density at radius 2 is 1.97 bits per heavy atom. The molecule has 0 aliphatic carbocycles. The highest BCUT2D eigenvalue weighted by Gasteiger charge is 2.23. The molecule has 0 radical (unpaired) electrons. The number of halogens is 1. The van der Waals surface area contributed by atoms with Gasteiger partial charge in [0.2, 0.25) is 10.0 Å². The van der Waals surface area contributed by atoms with E-state index in [9.17, 15) is 13.2 Å². The zero-order valence-electron chi connectivity index (χ0n) is 16.8. The summed E-state index contributed by atoms with van der Waals surface area (Å²) in [4.78, 5) is 14.5. The van der Waals surface area contributed by atoms with E-state index in [0.717, 1.165) is 6.42 Å². The van der Waals surface area contributed by atoms with Gasteiger partial charge in [0.25, 0.3) is 5.91 Å². The molecule has 29 heavy (non-hydrogen) atoms. The van der Waals surface area contributed by atoms with E-state index in [2.05, 4.69) is 0 Å². The van der Waals surface area contributed by atoms with Crippen LogP contribution in [-0.2, 0) is 10.0 Å². The topological polar surface area (TPSA) is 98.9 Å². The van der Waals surface area contributed by atoms with Gasteiger partial charge in [-0.3, -0.25) is 4.79 Å². The molecule has 1 amide bonds. The monoisotopic (exact) mass is 440 g/mol. The number of carbonyl (C=O) groups is 1. The van der Waals surface area contributed by atoms with Crippen LogP contribution in [0.3, 0.4) is 0 Å². The Kier molecular flexibility index (Phi) is 7.51. The molecule has 0 aliphatic heterocycles. The zero-order chi connectivity index (χ0) is 21.8. The van der Waals surface area contributed by atoms with Crippen LogP contribution in [0, 0.1) is 0 Å². The van der Waals surface area contributed by atoms with Gasteiger partial charge >= 0.3 is 0 Å². The summed E-state index contributed by atoms with van der Waals surface area (Å²) in [7, 11) is -0.736. The van der Waals surface area contributed by atoms with Crippen molar-refractivity contribution in [2.75, 3.05) is 20.8 Å². The number of amides is 1. The third-order valence-electron chi connectivity index (χ3n) is 4.50. The molecule has 0 spiro atoms. The Bertz CT molecular complexity index is 994. The van der Waals surface area contributed by atoms with E-state index in [4.69, 9.17) is 26.2 Å². The molecule has 0 fully saturated rings. The molecule has 7 nitrogen and oxygen atoms in total. The smallest absolute Gasteiger partial charge is 0.254 e.